The Bertz CT molecular complexity index is 1120. The van der Waals surface area contributed by atoms with Crippen LogP contribution in [0.1, 0.15) is 34.8 Å². The molecule has 0 aliphatic carbocycles. The van der Waals surface area contributed by atoms with Crippen LogP contribution < -0.4 is 10.0 Å². The van der Waals surface area contributed by atoms with E-state index in [9.17, 15) is 13.2 Å². The first-order chi connectivity index (χ1) is 13.2. The van der Waals surface area contributed by atoms with Gasteiger partial charge >= 0.3 is 0 Å². The first-order valence-corrected chi connectivity index (χ1v) is 10.6. The van der Waals surface area contributed by atoms with Crippen molar-refractivity contribution in [2.24, 2.45) is 0 Å². The maximum atomic E-state index is 12.4. The Kier molecular flexibility index (Phi) is 5.82. The number of carbonyl (C=O) groups is 1. The molecule has 0 fully saturated rings. The molecule has 1 amide bonds. The van der Waals surface area contributed by atoms with E-state index in [-0.39, 0.29) is 16.7 Å². The van der Waals surface area contributed by atoms with Crippen LogP contribution >= 0.6 is 11.3 Å². The highest BCUT2D eigenvalue weighted by Gasteiger charge is 2.17. The molecule has 8 nitrogen and oxygen atoms in total. The molecule has 3 aromatic rings. The smallest absolute Gasteiger partial charge is 0.250 e. The maximum absolute atomic E-state index is 12.4. The van der Waals surface area contributed by atoms with Gasteiger partial charge in [0, 0.05) is 11.8 Å². The molecule has 3 rings (SSSR count). The number of thiophene rings is 1. The molecule has 0 atom stereocenters. The fraction of sp³-hybridized carbons (Fsp3) is 0.222. The van der Waals surface area contributed by atoms with Gasteiger partial charge in [-0.05, 0) is 50.3 Å². The Labute approximate surface area is 166 Å². The van der Waals surface area contributed by atoms with E-state index in [0.717, 1.165) is 17.1 Å². The van der Waals surface area contributed by atoms with Gasteiger partial charge in [0.05, 0.1) is 6.54 Å². The topological polar surface area (TPSA) is 114 Å². The molecule has 0 aliphatic heterocycles. The summed E-state index contributed by atoms with van der Waals surface area (Å²) >= 11 is 1.11. The highest BCUT2D eigenvalue weighted by molar-refractivity contribution is 7.91. The number of amides is 1. The molecule has 0 bridgehead atoms. The number of sulfonamides is 1. The van der Waals surface area contributed by atoms with Gasteiger partial charge in [-0.15, -0.1) is 11.3 Å². The number of anilines is 1. The summed E-state index contributed by atoms with van der Waals surface area (Å²) in [5.41, 5.74) is 1.05. The third-order valence-corrected chi connectivity index (χ3v) is 6.63. The predicted molar refractivity (Wildman–Crippen MR) is 106 cm³/mol. The van der Waals surface area contributed by atoms with E-state index >= 15 is 0 Å². The number of nitrogens with zero attached hydrogens (tertiary/aromatic N) is 1. The normalized spacial score (nSPS) is 12.0. The fourth-order valence-electron chi connectivity index (χ4n) is 2.37. The molecule has 2 N–H and O–H groups in total. The summed E-state index contributed by atoms with van der Waals surface area (Å²) in [4.78, 5) is 12.0. The Balaban J connectivity index is 1.71. The summed E-state index contributed by atoms with van der Waals surface area (Å²) in [6.45, 7) is 4.99. The number of nitrogens with one attached hydrogen (secondary N) is 2. The minimum absolute atomic E-state index is 0.0800. The minimum atomic E-state index is -3.65. The van der Waals surface area contributed by atoms with Crippen LogP contribution in [0.4, 0.5) is 5.69 Å². The van der Waals surface area contributed by atoms with Crippen molar-refractivity contribution >= 4 is 45.1 Å². The van der Waals surface area contributed by atoms with E-state index in [0.29, 0.717) is 27.8 Å². The van der Waals surface area contributed by atoms with Gasteiger partial charge < -0.3 is 14.3 Å². The number of furan rings is 1. The SMILES string of the molecule is CC(=O)Nc1c(C)noc1C=Cc1ccc(S(=O)(=O)NCc2ccc(C)o2)s1. The molecule has 0 aromatic carbocycles. The lowest BCUT2D eigenvalue weighted by atomic mass is 10.2. The van der Waals surface area contributed by atoms with Crippen LogP contribution in [0.25, 0.3) is 12.2 Å². The Morgan fingerprint density at radius 2 is 2.00 bits per heavy atom. The number of aromatic nitrogens is 1. The lowest BCUT2D eigenvalue weighted by Gasteiger charge is -2.02. The Hall–Kier alpha value is -2.69. The van der Waals surface area contributed by atoms with Crippen LogP contribution in [0.5, 0.6) is 0 Å². The van der Waals surface area contributed by atoms with Gasteiger partial charge in [0.1, 0.15) is 27.1 Å². The molecule has 148 valence electrons. The molecule has 0 saturated heterocycles. The largest absolute Gasteiger partial charge is 0.465 e. The zero-order chi connectivity index (χ0) is 20.3. The van der Waals surface area contributed by atoms with Gasteiger partial charge in [0.2, 0.25) is 15.9 Å². The van der Waals surface area contributed by atoms with Gasteiger partial charge in [0.25, 0.3) is 0 Å². The quantitative estimate of drug-likeness (QED) is 0.603. The lowest BCUT2D eigenvalue weighted by Crippen LogP contribution is -2.22. The van der Waals surface area contributed by atoms with E-state index in [1.165, 1.54) is 13.0 Å². The first-order valence-electron chi connectivity index (χ1n) is 8.31. The molecule has 0 aliphatic rings. The first kappa shape index (κ1) is 20.1. The fourth-order valence-corrected chi connectivity index (χ4v) is 4.64. The molecular weight excluding hydrogens is 402 g/mol. The minimum Gasteiger partial charge on any atom is -0.465 e. The summed E-state index contributed by atoms with van der Waals surface area (Å²) in [7, 11) is -3.65. The van der Waals surface area contributed by atoms with E-state index < -0.39 is 10.0 Å². The van der Waals surface area contributed by atoms with Crippen molar-refractivity contribution in [3.63, 3.8) is 0 Å². The number of hydrogen-bond acceptors (Lipinski definition) is 7. The van der Waals surface area contributed by atoms with Crippen LogP contribution in [-0.2, 0) is 21.4 Å². The third kappa shape index (κ3) is 4.77. The highest BCUT2D eigenvalue weighted by Crippen LogP contribution is 2.26. The summed E-state index contributed by atoms with van der Waals surface area (Å²) in [6.07, 6.45) is 3.33. The van der Waals surface area contributed by atoms with Crippen LogP contribution in [-0.4, -0.2) is 19.5 Å². The number of hydrogen-bond donors (Lipinski definition) is 2. The van der Waals surface area contributed by atoms with Gasteiger partial charge in [-0.25, -0.2) is 13.1 Å². The average molecular weight is 422 g/mol. The Morgan fingerprint density at radius 3 is 2.68 bits per heavy atom. The van der Waals surface area contributed by atoms with Crippen LogP contribution in [0.15, 0.2) is 37.4 Å². The summed E-state index contributed by atoms with van der Waals surface area (Å²) in [5, 5.41) is 6.49. The van der Waals surface area contributed by atoms with Crippen LogP contribution in [0.2, 0.25) is 0 Å². The monoisotopic (exact) mass is 421 g/mol. The second kappa shape index (κ2) is 8.13. The zero-order valence-electron chi connectivity index (χ0n) is 15.5. The van der Waals surface area contributed by atoms with Crippen molar-refractivity contribution in [1.82, 2.24) is 9.88 Å². The molecule has 0 unspecified atom stereocenters. The highest BCUT2D eigenvalue weighted by atomic mass is 32.2. The third-order valence-electron chi connectivity index (χ3n) is 3.69. The van der Waals surface area contributed by atoms with Gasteiger partial charge in [-0.2, -0.15) is 0 Å². The molecule has 0 spiro atoms. The van der Waals surface area contributed by atoms with Crippen molar-refractivity contribution in [3.8, 4) is 0 Å². The number of rotatable bonds is 7. The van der Waals surface area contributed by atoms with E-state index in [1.54, 1.807) is 44.2 Å². The summed E-state index contributed by atoms with van der Waals surface area (Å²) in [6, 6.07) is 6.72. The number of aryl methyl sites for hydroxylation is 2. The summed E-state index contributed by atoms with van der Waals surface area (Å²) < 4.78 is 38.1. The molecule has 0 radical (unpaired) electrons. The van der Waals surface area contributed by atoms with Crippen LogP contribution in [0, 0.1) is 13.8 Å². The van der Waals surface area contributed by atoms with Crippen molar-refractivity contribution in [1.29, 1.82) is 0 Å². The second-order valence-electron chi connectivity index (χ2n) is 6.02. The summed E-state index contributed by atoms with van der Waals surface area (Å²) in [5.74, 6) is 1.42. The molecular formula is C18H19N3O5S2. The molecule has 10 heteroatoms. The van der Waals surface area contributed by atoms with E-state index in [1.807, 2.05) is 0 Å². The van der Waals surface area contributed by atoms with E-state index in [2.05, 4.69) is 15.2 Å². The van der Waals surface area contributed by atoms with Gasteiger partial charge in [-0.3, -0.25) is 4.79 Å². The standard InChI is InChI=1S/C18H19N3O5S2/c1-11-4-5-14(25-11)10-19-28(23,24)17-9-7-15(27-17)6-8-16-18(20-13(3)22)12(2)21-26-16/h4-9,19H,10H2,1-3H3,(H,20,22). The van der Waals surface area contributed by atoms with Crippen molar-refractivity contribution in [3.05, 3.63) is 52.1 Å². The molecule has 3 aromatic heterocycles. The predicted octanol–water partition coefficient (Wildman–Crippen LogP) is 3.55. The zero-order valence-corrected chi connectivity index (χ0v) is 17.1. The van der Waals surface area contributed by atoms with Crippen molar-refractivity contribution < 1.29 is 22.2 Å². The second-order valence-corrected chi connectivity index (χ2v) is 9.12. The van der Waals surface area contributed by atoms with Crippen molar-refractivity contribution in [2.45, 2.75) is 31.5 Å². The van der Waals surface area contributed by atoms with Gasteiger partial charge in [-0.1, -0.05) is 5.16 Å². The maximum Gasteiger partial charge on any atom is 0.250 e. The molecule has 28 heavy (non-hydrogen) atoms. The Morgan fingerprint density at radius 1 is 1.21 bits per heavy atom. The number of carbonyl (C=O) groups excluding carboxylic acids is 1. The van der Waals surface area contributed by atoms with Gasteiger partial charge in [0.15, 0.2) is 5.76 Å². The van der Waals surface area contributed by atoms with Crippen LogP contribution in [0.3, 0.4) is 0 Å². The van der Waals surface area contributed by atoms with E-state index in [4.69, 9.17) is 8.94 Å². The molecule has 3 heterocycles. The van der Waals surface area contributed by atoms with Crippen molar-refractivity contribution in [2.75, 3.05) is 5.32 Å². The average Bonchev–Trinajstić information content (AvgIpc) is 3.34. The lowest BCUT2D eigenvalue weighted by molar-refractivity contribution is -0.114. The molecule has 0 saturated carbocycles.